The van der Waals surface area contributed by atoms with E-state index in [-0.39, 0.29) is 5.92 Å². The Morgan fingerprint density at radius 2 is 1.65 bits per heavy atom. The Kier molecular flexibility index (Phi) is 5.12. The third-order valence-electron chi connectivity index (χ3n) is 5.54. The normalized spacial score (nSPS) is 12.0. The van der Waals surface area contributed by atoms with Gasteiger partial charge in [-0.15, -0.1) is 0 Å². The van der Waals surface area contributed by atoms with Gasteiger partial charge in [0.05, 0.1) is 5.52 Å². The topological polar surface area (TPSA) is 67.0 Å². The zero-order chi connectivity index (χ0) is 21.0. The van der Waals surface area contributed by atoms with Gasteiger partial charge in [-0.3, -0.25) is 5.10 Å². The van der Waals surface area contributed by atoms with E-state index in [1.165, 1.54) is 22.3 Å². The fourth-order valence-electron chi connectivity index (χ4n) is 4.08. The van der Waals surface area contributed by atoms with Crippen LogP contribution in [0.15, 0.2) is 72.8 Å². The highest BCUT2D eigenvalue weighted by molar-refractivity contribution is 5.83. The van der Waals surface area contributed by atoms with Crippen LogP contribution in [-0.4, -0.2) is 29.4 Å². The predicted molar refractivity (Wildman–Crippen MR) is 121 cm³/mol. The number of amides is 1. The van der Waals surface area contributed by atoms with Gasteiger partial charge >= 0.3 is 6.09 Å². The fourth-order valence-corrected chi connectivity index (χ4v) is 4.08. The molecule has 1 amide bonds. The van der Waals surface area contributed by atoms with E-state index in [9.17, 15) is 4.79 Å². The third-order valence-corrected chi connectivity index (χ3v) is 5.54. The summed E-state index contributed by atoms with van der Waals surface area (Å²) in [6.45, 7) is 0.738. The number of H-pyrrole nitrogens is 1. The van der Waals surface area contributed by atoms with E-state index < -0.39 is 6.09 Å². The van der Waals surface area contributed by atoms with E-state index in [2.05, 4.69) is 51.6 Å². The Balaban J connectivity index is 1.15. The molecule has 0 spiro atoms. The van der Waals surface area contributed by atoms with Crippen molar-refractivity contribution in [1.82, 2.24) is 15.5 Å². The zero-order valence-corrected chi connectivity index (χ0v) is 16.9. The Labute approximate surface area is 180 Å². The number of ether oxygens (including phenoxy) is 1. The molecule has 1 aliphatic rings. The van der Waals surface area contributed by atoms with Crippen LogP contribution in [0, 0.1) is 11.8 Å². The summed E-state index contributed by atoms with van der Waals surface area (Å²) in [5, 5.41) is 11.0. The van der Waals surface area contributed by atoms with Crippen LogP contribution in [0.3, 0.4) is 0 Å². The number of alkyl carbamates (subject to hydrolysis) is 1. The lowest BCUT2D eigenvalue weighted by molar-refractivity contribution is 0.143. The van der Waals surface area contributed by atoms with Crippen molar-refractivity contribution in [3.05, 3.63) is 89.6 Å². The summed E-state index contributed by atoms with van der Waals surface area (Å²) in [5.41, 5.74) is 6.52. The maximum Gasteiger partial charge on any atom is 0.407 e. The van der Waals surface area contributed by atoms with Crippen molar-refractivity contribution in [2.45, 2.75) is 12.3 Å². The average molecular weight is 407 g/mol. The smallest absolute Gasteiger partial charge is 0.407 e. The van der Waals surface area contributed by atoms with Gasteiger partial charge in [0.15, 0.2) is 0 Å². The lowest BCUT2D eigenvalue weighted by Gasteiger charge is -2.14. The first kappa shape index (κ1) is 19.0. The number of benzene rings is 3. The van der Waals surface area contributed by atoms with Gasteiger partial charge in [0.2, 0.25) is 0 Å². The van der Waals surface area contributed by atoms with E-state index in [1.54, 1.807) is 0 Å². The molecule has 1 aliphatic carbocycles. The van der Waals surface area contributed by atoms with Gasteiger partial charge in [-0.25, -0.2) is 4.79 Å². The van der Waals surface area contributed by atoms with Crippen LogP contribution >= 0.6 is 0 Å². The van der Waals surface area contributed by atoms with Gasteiger partial charge in [-0.1, -0.05) is 66.6 Å². The number of nitrogens with one attached hydrogen (secondary N) is 2. The van der Waals surface area contributed by atoms with Crippen molar-refractivity contribution < 1.29 is 9.53 Å². The number of fused-ring (bicyclic) bond motifs is 4. The quantitative estimate of drug-likeness (QED) is 0.376. The van der Waals surface area contributed by atoms with Gasteiger partial charge in [-0.2, -0.15) is 5.10 Å². The van der Waals surface area contributed by atoms with Crippen LogP contribution in [0.25, 0.3) is 22.0 Å². The van der Waals surface area contributed by atoms with Crippen LogP contribution < -0.4 is 5.32 Å². The number of nitrogens with zero attached hydrogens (tertiary/aromatic N) is 1. The number of aromatic nitrogens is 2. The first-order chi connectivity index (χ1) is 15.3. The SMILES string of the molecule is O=C(NCCC#Cc1[nH]nc2ccccc12)OCC1c2ccccc2-c2ccccc21. The largest absolute Gasteiger partial charge is 0.449 e. The van der Waals surface area contributed by atoms with E-state index in [0.717, 1.165) is 16.6 Å². The maximum absolute atomic E-state index is 12.2. The lowest BCUT2D eigenvalue weighted by atomic mass is 9.98. The Morgan fingerprint density at radius 1 is 0.968 bits per heavy atom. The molecule has 2 N–H and O–H groups in total. The molecule has 5 rings (SSSR count). The van der Waals surface area contributed by atoms with Gasteiger partial charge < -0.3 is 10.1 Å². The maximum atomic E-state index is 12.2. The Bertz CT molecular complexity index is 1270. The number of rotatable bonds is 4. The minimum Gasteiger partial charge on any atom is -0.449 e. The highest BCUT2D eigenvalue weighted by Gasteiger charge is 2.28. The van der Waals surface area contributed by atoms with Crippen LogP contribution in [-0.2, 0) is 4.74 Å². The molecule has 1 aromatic heterocycles. The second kappa shape index (κ2) is 8.37. The van der Waals surface area contributed by atoms with E-state index in [1.807, 2.05) is 48.5 Å². The molecule has 3 aromatic carbocycles. The van der Waals surface area contributed by atoms with Crippen molar-refractivity contribution in [2.75, 3.05) is 13.2 Å². The number of carbonyl (C=O) groups excluding carboxylic acids is 1. The van der Waals surface area contributed by atoms with Gasteiger partial charge in [0.1, 0.15) is 12.3 Å². The highest BCUT2D eigenvalue weighted by atomic mass is 16.5. The summed E-state index contributed by atoms with van der Waals surface area (Å²) < 4.78 is 5.54. The number of hydrogen-bond donors (Lipinski definition) is 2. The number of aromatic amines is 1. The predicted octanol–water partition coefficient (Wildman–Crippen LogP) is 4.84. The minimum absolute atomic E-state index is 0.0617. The molecule has 0 unspecified atom stereocenters. The number of hydrogen-bond acceptors (Lipinski definition) is 3. The molecular weight excluding hydrogens is 386 g/mol. The molecule has 1 heterocycles. The fraction of sp³-hybridized carbons (Fsp3) is 0.154. The second-order valence-corrected chi connectivity index (χ2v) is 7.42. The number of carbonyl (C=O) groups is 1. The van der Waals surface area contributed by atoms with Crippen molar-refractivity contribution >= 4 is 17.0 Å². The Morgan fingerprint density at radius 3 is 2.42 bits per heavy atom. The standard InChI is InChI=1S/C26H21N3O2/c30-26(27-16-8-7-15-25-22-13-5-6-14-24(22)28-29-25)31-17-23-20-11-3-1-9-18(20)19-10-2-4-12-21(19)23/h1-6,9-14,23H,8,16-17H2,(H,27,30)(H,28,29). The molecule has 4 aromatic rings. The third kappa shape index (κ3) is 3.76. The lowest BCUT2D eigenvalue weighted by Crippen LogP contribution is -2.26. The van der Waals surface area contributed by atoms with Crippen molar-refractivity contribution in [3.63, 3.8) is 0 Å². The average Bonchev–Trinajstić information content (AvgIpc) is 3.37. The zero-order valence-electron chi connectivity index (χ0n) is 16.9. The molecule has 0 saturated heterocycles. The van der Waals surface area contributed by atoms with Crippen LogP contribution in [0.5, 0.6) is 0 Å². The first-order valence-electron chi connectivity index (χ1n) is 10.3. The van der Waals surface area contributed by atoms with Crippen LogP contribution in [0.1, 0.15) is 29.2 Å². The molecule has 5 heteroatoms. The number of para-hydroxylation sites is 1. The van der Waals surface area contributed by atoms with Gasteiger partial charge in [0, 0.05) is 24.3 Å². The molecule has 0 fully saturated rings. The molecule has 0 saturated carbocycles. The molecular formula is C26H21N3O2. The first-order valence-corrected chi connectivity index (χ1v) is 10.3. The van der Waals surface area contributed by atoms with E-state index >= 15 is 0 Å². The summed E-state index contributed by atoms with van der Waals surface area (Å²) in [4.78, 5) is 12.2. The molecule has 152 valence electrons. The molecule has 0 radical (unpaired) electrons. The highest BCUT2D eigenvalue weighted by Crippen LogP contribution is 2.44. The van der Waals surface area contributed by atoms with E-state index in [4.69, 9.17) is 4.74 Å². The molecule has 0 atom stereocenters. The summed E-state index contributed by atoms with van der Waals surface area (Å²) in [7, 11) is 0. The Hall–Kier alpha value is -4.04. The van der Waals surface area contributed by atoms with Crippen molar-refractivity contribution in [3.8, 4) is 23.0 Å². The molecule has 31 heavy (non-hydrogen) atoms. The monoisotopic (exact) mass is 407 g/mol. The summed E-state index contributed by atoms with van der Waals surface area (Å²) in [6.07, 6.45) is 0.105. The summed E-state index contributed by atoms with van der Waals surface area (Å²) >= 11 is 0. The second-order valence-electron chi connectivity index (χ2n) is 7.42. The van der Waals surface area contributed by atoms with Crippen LogP contribution in [0.2, 0.25) is 0 Å². The van der Waals surface area contributed by atoms with E-state index in [0.29, 0.717) is 19.6 Å². The minimum atomic E-state index is -0.421. The molecule has 0 bridgehead atoms. The van der Waals surface area contributed by atoms with Gasteiger partial charge in [0.25, 0.3) is 0 Å². The summed E-state index contributed by atoms with van der Waals surface area (Å²) in [6, 6.07) is 24.4. The summed E-state index contributed by atoms with van der Waals surface area (Å²) in [5.74, 6) is 6.21. The van der Waals surface area contributed by atoms with Crippen LogP contribution in [0.4, 0.5) is 4.79 Å². The van der Waals surface area contributed by atoms with Gasteiger partial charge in [-0.05, 0) is 40.3 Å². The van der Waals surface area contributed by atoms with Crippen molar-refractivity contribution in [2.24, 2.45) is 0 Å². The molecule has 0 aliphatic heterocycles. The molecule has 5 nitrogen and oxygen atoms in total. The van der Waals surface area contributed by atoms with Crippen molar-refractivity contribution in [1.29, 1.82) is 0 Å².